The van der Waals surface area contributed by atoms with E-state index in [9.17, 15) is 14.7 Å². The molecule has 2 aromatic carbocycles. The van der Waals surface area contributed by atoms with Gasteiger partial charge in [0.05, 0.1) is 5.60 Å². The number of H-pyrrole nitrogens is 1. The second-order valence-electron chi connectivity index (χ2n) is 12.9. The highest BCUT2D eigenvalue weighted by molar-refractivity contribution is 7.71. The lowest BCUT2D eigenvalue weighted by Gasteiger charge is -2.52. The summed E-state index contributed by atoms with van der Waals surface area (Å²) >= 11 is 4.92. The quantitative estimate of drug-likeness (QED) is 0.219. The molecule has 0 radical (unpaired) electrons. The van der Waals surface area contributed by atoms with E-state index in [0.29, 0.717) is 50.2 Å². The zero-order valence-corrected chi connectivity index (χ0v) is 28.0. The average Bonchev–Trinajstić information content (AvgIpc) is 3.48. The lowest BCUT2D eigenvalue weighted by Crippen LogP contribution is -2.73. The molecule has 1 saturated carbocycles. The van der Waals surface area contributed by atoms with Crippen molar-refractivity contribution >= 4 is 36.4 Å². The third-order valence-electron chi connectivity index (χ3n) is 9.73. The van der Waals surface area contributed by atoms with Gasteiger partial charge in [-0.3, -0.25) is 14.5 Å². The third kappa shape index (κ3) is 7.48. The SMILES string of the molecule is CCCCN1C(=O)[C@@H](CC2(O)CCCCC2)NC(=O)C12CCN(Cc1ccc(Oc3ccc(-c4nc(=S)o[nH]4)cc3)cc1)CC2.Cl. The van der Waals surface area contributed by atoms with Crippen molar-refractivity contribution in [3.8, 4) is 22.9 Å². The van der Waals surface area contributed by atoms with E-state index in [4.69, 9.17) is 21.5 Å². The van der Waals surface area contributed by atoms with Crippen molar-refractivity contribution in [2.45, 2.75) is 94.9 Å². The minimum atomic E-state index is -0.866. The molecule has 12 heteroatoms. The van der Waals surface area contributed by atoms with Crippen LogP contribution in [0.2, 0.25) is 0 Å². The molecule has 3 N–H and O–H groups in total. The molecule has 6 rings (SSSR count). The van der Waals surface area contributed by atoms with Crippen molar-refractivity contribution in [1.82, 2.24) is 25.3 Å². The Labute approximate surface area is 281 Å². The molecule has 1 spiro atoms. The Morgan fingerprint density at radius 3 is 2.26 bits per heavy atom. The molecule has 10 nitrogen and oxygen atoms in total. The summed E-state index contributed by atoms with van der Waals surface area (Å²) in [4.78, 5) is 36.1. The number of aromatic nitrogens is 2. The van der Waals surface area contributed by atoms with Crippen LogP contribution in [0, 0.1) is 4.84 Å². The maximum atomic E-state index is 13.8. The Morgan fingerprint density at radius 1 is 1.00 bits per heavy atom. The lowest BCUT2D eigenvalue weighted by molar-refractivity contribution is -0.163. The third-order valence-corrected chi connectivity index (χ3v) is 9.90. The minimum Gasteiger partial charge on any atom is -0.457 e. The predicted octanol–water partition coefficient (Wildman–Crippen LogP) is 6.16. The van der Waals surface area contributed by atoms with Crippen molar-refractivity contribution in [2.75, 3.05) is 19.6 Å². The van der Waals surface area contributed by atoms with Crippen LogP contribution in [-0.4, -0.2) is 73.7 Å². The van der Waals surface area contributed by atoms with Gasteiger partial charge in [0.2, 0.25) is 11.8 Å². The number of carbonyl (C=O) groups excluding carboxylic acids is 2. The van der Waals surface area contributed by atoms with Gasteiger partial charge in [-0.2, -0.15) is 4.98 Å². The average molecular weight is 670 g/mol. The number of nitrogens with zero attached hydrogens (tertiary/aromatic N) is 3. The van der Waals surface area contributed by atoms with Gasteiger partial charge in [-0.1, -0.05) is 44.7 Å². The zero-order chi connectivity index (χ0) is 31.4. The van der Waals surface area contributed by atoms with Crippen molar-refractivity contribution in [3.05, 3.63) is 58.9 Å². The summed E-state index contributed by atoms with van der Waals surface area (Å²) in [6, 6.07) is 14.9. The van der Waals surface area contributed by atoms with Gasteiger partial charge in [0.25, 0.3) is 0 Å². The first kappa shape index (κ1) is 34.1. The van der Waals surface area contributed by atoms with Crippen LogP contribution in [-0.2, 0) is 16.1 Å². The molecular formula is C34H44ClN5O5S. The van der Waals surface area contributed by atoms with E-state index in [0.717, 1.165) is 68.6 Å². The largest absolute Gasteiger partial charge is 0.457 e. The predicted molar refractivity (Wildman–Crippen MR) is 179 cm³/mol. The van der Waals surface area contributed by atoms with Gasteiger partial charge in [0.1, 0.15) is 23.1 Å². The van der Waals surface area contributed by atoms with Crippen LogP contribution < -0.4 is 10.1 Å². The molecule has 1 aliphatic carbocycles. The number of piperazine rings is 1. The van der Waals surface area contributed by atoms with Crippen LogP contribution in [0.25, 0.3) is 11.4 Å². The number of amides is 2. The van der Waals surface area contributed by atoms with E-state index in [1.165, 1.54) is 0 Å². The first-order valence-corrected chi connectivity index (χ1v) is 16.7. The van der Waals surface area contributed by atoms with E-state index >= 15 is 0 Å². The van der Waals surface area contributed by atoms with Gasteiger partial charge >= 0.3 is 4.84 Å². The monoisotopic (exact) mass is 669 g/mol. The molecule has 46 heavy (non-hydrogen) atoms. The van der Waals surface area contributed by atoms with Gasteiger partial charge in [-0.05, 0) is 86.3 Å². The van der Waals surface area contributed by atoms with Gasteiger partial charge in [0.15, 0.2) is 5.82 Å². The number of hydrogen-bond donors (Lipinski definition) is 3. The first-order valence-electron chi connectivity index (χ1n) is 16.3. The second kappa shape index (κ2) is 14.7. The number of piperidine rings is 1. The standard InChI is InChI=1S/C34H43N5O5S.ClH/c1-2-3-19-39-30(40)28(22-33(42)15-5-4-6-16-33)35-31(41)34(39)17-20-38(21-18-34)23-24-7-11-26(12-8-24)43-27-13-9-25(10-14-27)29-36-32(45)44-37-29;/h7-14,28,42H,2-6,15-23H2,1H3,(H,35,41)(H,36,37,45);1H/t28-;/m1./s1. The fraction of sp³-hybridized carbons (Fsp3) is 0.529. The van der Waals surface area contributed by atoms with Crippen LogP contribution in [0.15, 0.2) is 53.1 Å². The maximum Gasteiger partial charge on any atom is 0.314 e. The summed E-state index contributed by atoms with van der Waals surface area (Å²) in [5.41, 5.74) is 0.320. The van der Waals surface area contributed by atoms with Gasteiger partial charge < -0.3 is 24.6 Å². The van der Waals surface area contributed by atoms with Gasteiger partial charge in [-0.25, -0.2) is 5.16 Å². The fourth-order valence-electron chi connectivity index (χ4n) is 7.12. The van der Waals surface area contributed by atoms with Crippen LogP contribution in [0.1, 0.15) is 76.7 Å². The van der Waals surface area contributed by atoms with Gasteiger partial charge in [0, 0.05) is 38.2 Å². The van der Waals surface area contributed by atoms with Crippen LogP contribution in [0.4, 0.5) is 0 Å². The number of benzene rings is 2. The number of ether oxygens (including phenoxy) is 1. The first-order chi connectivity index (χ1) is 21.8. The summed E-state index contributed by atoms with van der Waals surface area (Å²) in [7, 11) is 0. The number of unbranched alkanes of at least 4 members (excludes halogenated alkanes) is 1. The fourth-order valence-corrected chi connectivity index (χ4v) is 7.25. The molecule has 2 aliphatic heterocycles. The lowest BCUT2D eigenvalue weighted by atomic mass is 9.77. The van der Waals surface area contributed by atoms with Crippen molar-refractivity contribution in [1.29, 1.82) is 0 Å². The summed E-state index contributed by atoms with van der Waals surface area (Å²) in [6.07, 6.45) is 7.76. The molecule has 0 unspecified atom stereocenters. The Kier molecular flexibility index (Phi) is 10.9. The smallest absolute Gasteiger partial charge is 0.314 e. The Balaban J connectivity index is 0.00000417. The molecule has 1 aromatic heterocycles. The Hall–Kier alpha value is -3.25. The van der Waals surface area contributed by atoms with Crippen LogP contribution in [0.5, 0.6) is 11.5 Å². The van der Waals surface area contributed by atoms with Crippen molar-refractivity contribution < 1.29 is 24.0 Å². The summed E-state index contributed by atoms with van der Waals surface area (Å²) in [5, 5.41) is 16.9. The zero-order valence-electron chi connectivity index (χ0n) is 26.3. The normalized spacial score (nSPS) is 21.1. The van der Waals surface area contributed by atoms with Crippen LogP contribution >= 0.6 is 24.6 Å². The second-order valence-corrected chi connectivity index (χ2v) is 13.2. The number of aliphatic hydroxyl groups is 1. The van der Waals surface area contributed by atoms with E-state index in [2.05, 4.69) is 39.4 Å². The highest BCUT2D eigenvalue weighted by Crippen LogP contribution is 2.38. The molecular weight excluding hydrogens is 626 g/mol. The summed E-state index contributed by atoms with van der Waals surface area (Å²) in [6.45, 7) is 4.88. The summed E-state index contributed by atoms with van der Waals surface area (Å²) < 4.78 is 11.0. The van der Waals surface area contributed by atoms with E-state index < -0.39 is 17.2 Å². The number of rotatable bonds is 10. The number of hydrogen-bond acceptors (Lipinski definition) is 8. The molecule has 3 aliphatic rings. The van der Waals surface area contributed by atoms with Crippen molar-refractivity contribution in [2.24, 2.45) is 0 Å². The van der Waals surface area contributed by atoms with Gasteiger partial charge in [-0.15, -0.1) is 12.4 Å². The number of carbonyl (C=O) groups is 2. The highest BCUT2D eigenvalue weighted by Gasteiger charge is 2.54. The van der Waals surface area contributed by atoms with E-state index in [1.807, 2.05) is 41.3 Å². The molecule has 1 atom stereocenters. The maximum absolute atomic E-state index is 13.8. The molecule has 2 amide bonds. The van der Waals surface area contributed by atoms with E-state index in [1.54, 1.807) is 0 Å². The Morgan fingerprint density at radius 2 is 1.65 bits per heavy atom. The number of nitrogens with one attached hydrogen (secondary N) is 2. The highest BCUT2D eigenvalue weighted by atomic mass is 35.5. The van der Waals surface area contributed by atoms with Crippen molar-refractivity contribution in [3.63, 3.8) is 0 Å². The topological polar surface area (TPSA) is 124 Å². The minimum absolute atomic E-state index is 0. The molecule has 3 heterocycles. The molecule has 3 aromatic rings. The Bertz CT molecular complexity index is 1530. The number of aromatic amines is 1. The molecule has 2 saturated heterocycles. The molecule has 3 fully saturated rings. The van der Waals surface area contributed by atoms with Crippen LogP contribution in [0.3, 0.4) is 0 Å². The molecule has 0 bridgehead atoms. The van der Waals surface area contributed by atoms with E-state index in [-0.39, 0.29) is 29.1 Å². The number of halogens is 1. The molecule has 248 valence electrons. The number of likely N-dealkylation sites (tertiary alicyclic amines) is 1. The summed E-state index contributed by atoms with van der Waals surface area (Å²) in [5.74, 6) is 1.94.